The summed E-state index contributed by atoms with van der Waals surface area (Å²) in [5.74, 6) is 3.61. The van der Waals surface area contributed by atoms with Crippen molar-refractivity contribution in [3.05, 3.63) is 29.6 Å². The molecular weight excluding hydrogens is 242 g/mol. The zero-order valence-corrected chi connectivity index (χ0v) is 11.5. The molecule has 1 aromatic carbocycles. The van der Waals surface area contributed by atoms with Crippen molar-refractivity contribution in [3.8, 4) is 0 Å². The van der Waals surface area contributed by atoms with Gasteiger partial charge in [0, 0.05) is 11.8 Å². The summed E-state index contributed by atoms with van der Waals surface area (Å²) < 4.78 is 0. The third-order valence-corrected chi connectivity index (χ3v) is 4.70. The largest absolute Gasteiger partial charge is 0.341 e. The van der Waals surface area contributed by atoms with Crippen LogP contribution in [0.15, 0.2) is 18.2 Å². The highest BCUT2D eigenvalue weighted by Gasteiger charge is 2.13. The van der Waals surface area contributed by atoms with Crippen LogP contribution in [0.2, 0.25) is 0 Å². The van der Waals surface area contributed by atoms with E-state index in [1.54, 1.807) is 0 Å². The first-order valence-electron chi connectivity index (χ1n) is 6.58. The number of nitrogens with one attached hydrogen (secondary N) is 2. The van der Waals surface area contributed by atoms with Gasteiger partial charge in [0.2, 0.25) is 0 Å². The predicted molar refractivity (Wildman–Crippen MR) is 78.0 cm³/mol. The number of aromatic nitrogens is 2. The number of aromatic amines is 1. The van der Waals surface area contributed by atoms with Crippen LogP contribution in [-0.2, 0) is 6.54 Å². The zero-order chi connectivity index (χ0) is 12.4. The molecule has 1 aliphatic heterocycles. The summed E-state index contributed by atoms with van der Waals surface area (Å²) in [6, 6.07) is 6.93. The van der Waals surface area contributed by atoms with E-state index in [0.29, 0.717) is 6.04 Å². The Bertz CT molecular complexity index is 529. The lowest BCUT2D eigenvalue weighted by molar-refractivity contribution is 0.500. The molecule has 2 heterocycles. The van der Waals surface area contributed by atoms with E-state index in [0.717, 1.165) is 23.4 Å². The van der Waals surface area contributed by atoms with Crippen molar-refractivity contribution in [2.75, 3.05) is 11.5 Å². The van der Waals surface area contributed by atoms with Crippen LogP contribution in [-0.4, -0.2) is 27.5 Å². The number of hydrogen-bond donors (Lipinski definition) is 2. The van der Waals surface area contributed by atoms with Gasteiger partial charge >= 0.3 is 0 Å². The fourth-order valence-electron chi connectivity index (χ4n) is 2.45. The van der Waals surface area contributed by atoms with Gasteiger partial charge in [0.05, 0.1) is 17.6 Å². The predicted octanol–water partition coefficient (Wildman–Crippen LogP) is 2.86. The minimum absolute atomic E-state index is 0.651. The van der Waals surface area contributed by atoms with Gasteiger partial charge in [0.25, 0.3) is 0 Å². The summed E-state index contributed by atoms with van der Waals surface area (Å²) in [5, 5.41) is 3.60. The van der Waals surface area contributed by atoms with Gasteiger partial charge in [-0.05, 0) is 37.1 Å². The highest BCUT2D eigenvalue weighted by atomic mass is 32.2. The molecule has 18 heavy (non-hydrogen) atoms. The minimum atomic E-state index is 0.651. The van der Waals surface area contributed by atoms with E-state index in [2.05, 4.69) is 52.2 Å². The third-order valence-electron chi connectivity index (χ3n) is 3.48. The van der Waals surface area contributed by atoms with Gasteiger partial charge < -0.3 is 10.3 Å². The summed E-state index contributed by atoms with van der Waals surface area (Å²) in [7, 11) is 0. The molecule has 1 atom stereocenters. The molecule has 4 heteroatoms. The van der Waals surface area contributed by atoms with Gasteiger partial charge in [-0.15, -0.1) is 0 Å². The van der Waals surface area contributed by atoms with Crippen LogP contribution in [0.3, 0.4) is 0 Å². The first-order valence-corrected chi connectivity index (χ1v) is 7.74. The Balaban J connectivity index is 1.69. The van der Waals surface area contributed by atoms with Gasteiger partial charge in [-0.2, -0.15) is 11.8 Å². The Hall–Kier alpha value is -1.00. The van der Waals surface area contributed by atoms with Crippen molar-refractivity contribution in [1.82, 2.24) is 15.3 Å². The van der Waals surface area contributed by atoms with Crippen LogP contribution < -0.4 is 5.32 Å². The molecule has 0 bridgehead atoms. The second-order valence-electron chi connectivity index (χ2n) is 4.95. The number of benzene rings is 1. The smallest absolute Gasteiger partial charge is 0.121 e. The van der Waals surface area contributed by atoms with Gasteiger partial charge in [-0.1, -0.05) is 12.1 Å². The number of hydrogen-bond acceptors (Lipinski definition) is 3. The molecule has 0 spiro atoms. The lowest BCUT2D eigenvalue weighted by Crippen LogP contribution is -2.33. The van der Waals surface area contributed by atoms with Crippen molar-refractivity contribution < 1.29 is 0 Å². The monoisotopic (exact) mass is 261 g/mol. The summed E-state index contributed by atoms with van der Waals surface area (Å²) in [6.07, 6.45) is 2.63. The van der Waals surface area contributed by atoms with E-state index >= 15 is 0 Å². The molecule has 0 radical (unpaired) electrons. The number of imidazole rings is 1. The Morgan fingerprint density at radius 1 is 1.50 bits per heavy atom. The molecule has 1 fully saturated rings. The maximum Gasteiger partial charge on any atom is 0.121 e. The van der Waals surface area contributed by atoms with Crippen LogP contribution in [0.4, 0.5) is 0 Å². The normalized spacial score (nSPS) is 20.4. The van der Waals surface area contributed by atoms with Crippen molar-refractivity contribution in [3.63, 3.8) is 0 Å². The number of para-hydroxylation sites is 1. The van der Waals surface area contributed by atoms with Crippen molar-refractivity contribution in [2.24, 2.45) is 0 Å². The lowest BCUT2D eigenvalue weighted by Gasteiger charge is -2.21. The van der Waals surface area contributed by atoms with Gasteiger partial charge in [0.1, 0.15) is 5.82 Å². The number of nitrogens with zero attached hydrogens (tertiary/aromatic N) is 1. The molecule has 96 valence electrons. The molecule has 0 saturated carbocycles. The summed E-state index contributed by atoms with van der Waals surface area (Å²) >= 11 is 2.05. The van der Waals surface area contributed by atoms with Crippen LogP contribution in [0.5, 0.6) is 0 Å². The average Bonchev–Trinajstić information content (AvgIpc) is 2.82. The van der Waals surface area contributed by atoms with E-state index in [9.17, 15) is 0 Å². The van der Waals surface area contributed by atoms with E-state index in [1.165, 1.54) is 29.9 Å². The summed E-state index contributed by atoms with van der Waals surface area (Å²) in [6.45, 7) is 2.96. The SMILES string of the molecule is Cc1cccc2[nH]c(CN[C@@H]3CCCSC3)nc12. The van der Waals surface area contributed by atoms with Crippen LogP contribution >= 0.6 is 11.8 Å². The Morgan fingerprint density at radius 2 is 2.44 bits per heavy atom. The van der Waals surface area contributed by atoms with Gasteiger partial charge in [0.15, 0.2) is 0 Å². The standard InChI is InChI=1S/C14H19N3S/c1-10-4-2-6-12-14(10)17-13(16-12)8-15-11-5-3-7-18-9-11/h2,4,6,11,15H,3,5,7-9H2,1H3,(H,16,17)/t11-/m1/s1. The van der Waals surface area contributed by atoms with Crippen molar-refractivity contribution >= 4 is 22.8 Å². The van der Waals surface area contributed by atoms with Gasteiger partial charge in [-0.3, -0.25) is 0 Å². The number of H-pyrrole nitrogens is 1. The molecule has 2 aromatic rings. The molecule has 1 aromatic heterocycles. The Kier molecular flexibility index (Phi) is 3.57. The molecule has 3 rings (SSSR count). The first-order chi connectivity index (χ1) is 8.83. The Morgan fingerprint density at radius 3 is 3.22 bits per heavy atom. The van der Waals surface area contributed by atoms with Gasteiger partial charge in [-0.25, -0.2) is 4.98 Å². The second kappa shape index (κ2) is 5.33. The molecule has 0 unspecified atom stereocenters. The average molecular weight is 261 g/mol. The second-order valence-corrected chi connectivity index (χ2v) is 6.10. The molecular formula is C14H19N3S. The molecule has 0 amide bonds. The topological polar surface area (TPSA) is 40.7 Å². The third kappa shape index (κ3) is 2.54. The first kappa shape index (κ1) is 12.1. The Labute approximate surface area is 112 Å². The van der Waals surface area contributed by atoms with E-state index in [-0.39, 0.29) is 0 Å². The fraction of sp³-hybridized carbons (Fsp3) is 0.500. The van der Waals surface area contributed by atoms with E-state index in [1.807, 2.05) is 0 Å². The highest BCUT2D eigenvalue weighted by Crippen LogP contribution is 2.18. The maximum atomic E-state index is 4.67. The molecule has 1 aliphatic rings. The number of fused-ring (bicyclic) bond motifs is 1. The zero-order valence-electron chi connectivity index (χ0n) is 10.7. The fourth-order valence-corrected chi connectivity index (χ4v) is 3.56. The van der Waals surface area contributed by atoms with Crippen LogP contribution in [0, 0.1) is 6.92 Å². The van der Waals surface area contributed by atoms with Crippen LogP contribution in [0.25, 0.3) is 11.0 Å². The molecule has 0 aliphatic carbocycles. The molecule has 2 N–H and O–H groups in total. The van der Waals surface area contributed by atoms with Crippen molar-refractivity contribution in [1.29, 1.82) is 0 Å². The summed E-state index contributed by atoms with van der Waals surface area (Å²) in [4.78, 5) is 8.07. The lowest BCUT2D eigenvalue weighted by atomic mass is 10.2. The number of thioether (sulfide) groups is 1. The van der Waals surface area contributed by atoms with E-state index < -0.39 is 0 Å². The highest BCUT2D eigenvalue weighted by molar-refractivity contribution is 7.99. The minimum Gasteiger partial charge on any atom is -0.341 e. The molecule has 3 nitrogen and oxygen atoms in total. The van der Waals surface area contributed by atoms with Crippen LogP contribution in [0.1, 0.15) is 24.2 Å². The maximum absolute atomic E-state index is 4.67. The van der Waals surface area contributed by atoms with Crippen molar-refractivity contribution in [2.45, 2.75) is 32.4 Å². The number of rotatable bonds is 3. The summed E-state index contributed by atoms with van der Waals surface area (Å²) in [5.41, 5.74) is 3.49. The number of aryl methyl sites for hydroxylation is 1. The molecule has 1 saturated heterocycles. The quantitative estimate of drug-likeness (QED) is 0.892. The van der Waals surface area contributed by atoms with E-state index in [4.69, 9.17) is 0 Å².